The maximum absolute atomic E-state index is 5.65. The van der Waals surface area contributed by atoms with E-state index in [4.69, 9.17) is 10.5 Å². The number of hydrogen-bond donors (Lipinski definition) is 1. The molecule has 0 aliphatic rings. The molecule has 0 fully saturated rings. The number of hydrogen-bond acceptors (Lipinski definition) is 2. The number of rotatable bonds is 6. The van der Waals surface area contributed by atoms with Gasteiger partial charge in [-0.25, -0.2) is 0 Å². The maximum Gasteiger partial charge on any atom is 0.0703 e. The molecule has 0 aliphatic heterocycles. The predicted molar refractivity (Wildman–Crippen MR) is 53.1 cm³/mol. The Morgan fingerprint density at radius 3 is 2.17 bits per heavy atom. The minimum atomic E-state index is 0.250. The van der Waals surface area contributed by atoms with Crippen LogP contribution >= 0.6 is 0 Å². The monoisotopic (exact) mass is 173 g/mol. The van der Waals surface area contributed by atoms with E-state index in [9.17, 15) is 0 Å². The Morgan fingerprint density at radius 1 is 1.25 bits per heavy atom. The van der Waals surface area contributed by atoms with Crippen molar-refractivity contribution >= 4 is 0 Å². The van der Waals surface area contributed by atoms with Crippen LogP contribution < -0.4 is 5.73 Å². The van der Waals surface area contributed by atoms with Crippen molar-refractivity contribution in [1.29, 1.82) is 0 Å². The molecule has 0 aromatic rings. The average molecular weight is 173 g/mol. The maximum atomic E-state index is 5.65. The van der Waals surface area contributed by atoms with E-state index in [2.05, 4.69) is 27.7 Å². The van der Waals surface area contributed by atoms with Crippen molar-refractivity contribution in [3.63, 3.8) is 0 Å². The first-order valence-corrected chi connectivity index (χ1v) is 4.95. The SMILES string of the molecule is CCC(C)CC(CN)OC(C)C. The first kappa shape index (κ1) is 11.9. The van der Waals surface area contributed by atoms with Crippen LogP contribution in [0, 0.1) is 5.92 Å². The molecule has 0 radical (unpaired) electrons. The van der Waals surface area contributed by atoms with Crippen LogP contribution in [-0.2, 0) is 4.74 Å². The Kier molecular flexibility index (Phi) is 6.39. The van der Waals surface area contributed by atoms with Crippen molar-refractivity contribution in [2.45, 2.75) is 52.7 Å². The van der Waals surface area contributed by atoms with E-state index in [0.29, 0.717) is 12.6 Å². The lowest BCUT2D eigenvalue weighted by Gasteiger charge is -2.21. The zero-order chi connectivity index (χ0) is 9.56. The highest BCUT2D eigenvalue weighted by Gasteiger charge is 2.12. The average Bonchev–Trinajstić information content (AvgIpc) is 2.02. The highest BCUT2D eigenvalue weighted by molar-refractivity contribution is 4.64. The third-order valence-corrected chi connectivity index (χ3v) is 2.09. The van der Waals surface area contributed by atoms with E-state index in [1.54, 1.807) is 0 Å². The van der Waals surface area contributed by atoms with Crippen molar-refractivity contribution < 1.29 is 4.74 Å². The zero-order valence-electron chi connectivity index (χ0n) is 8.84. The van der Waals surface area contributed by atoms with Gasteiger partial charge in [-0.15, -0.1) is 0 Å². The van der Waals surface area contributed by atoms with Gasteiger partial charge in [-0.05, 0) is 26.2 Å². The summed E-state index contributed by atoms with van der Waals surface area (Å²) in [4.78, 5) is 0. The second-order valence-electron chi connectivity index (χ2n) is 3.79. The summed E-state index contributed by atoms with van der Waals surface area (Å²) in [5.74, 6) is 0.720. The highest BCUT2D eigenvalue weighted by atomic mass is 16.5. The van der Waals surface area contributed by atoms with Gasteiger partial charge >= 0.3 is 0 Å². The summed E-state index contributed by atoms with van der Waals surface area (Å²) >= 11 is 0. The normalized spacial score (nSPS) is 16.5. The standard InChI is InChI=1S/C10H23NO/c1-5-9(4)6-10(7-11)12-8(2)3/h8-10H,5-7,11H2,1-4H3. The summed E-state index contributed by atoms with van der Waals surface area (Å²) in [5, 5.41) is 0. The van der Waals surface area contributed by atoms with Crippen LogP contribution in [0.5, 0.6) is 0 Å². The van der Waals surface area contributed by atoms with Gasteiger partial charge in [0.25, 0.3) is 0 Å². The predicted octanol–water partition coefficient (Wildman–Crippen LogP) is 2.17. The fourth-order valence-corrected chi connectivity index (χ4v) is 1.21. The third kappa shape index (κ3) is 5.56. The van der Waals surface area contributed by atoms with Gasteiger partial charge in [0, 0.05) is 6.54 Å². The Hall–Kier alpha value is -0.0800. The Labute approximate surface area is 76.5 Å². The molecular formula is C10H23NO. The highest BCUT2D eigenvalue weighted by Crippen LogP contribution is 2.12. The Morgan fingerprint density at radius 2 is 1.83 bits per heavy atom. The van der Waals surface area contributed by atoms with Crippen LogP contribution in [0.2, 0.25) is 0 Å². The van der Waals surface area contributed by atoms with E-state index < -0.39 is 0 Å². The van der Waals surface area contributed by atoms with Gasteiger partial charge in [-0.1, -0.05) is 20.3 Å². The molecule has 0 bridgehead atoms. The van der Waals surface area contributed by atoms with Crippen molar-refractivity contribution in [2.75, 3.05) is 6.54 Å². The molecule has 0 heterocycles. The largest absolute Gasteiger partial charge is 0.374 e. The summed E-state index contributed by atoms with van der Waals surface area (Å²) in [6, 6.07) is 0. The molecule has 74 valence electrons. The lowest BCUT2D eigenvalue weighted by atomic mass is 10.0. The molecule has 0 aromatic heterocycles. The molecule has 0 saturated heterocycles. The van der Waals surface area contributed by atoms with Gasteiger partial charge < -0.3 is 10.5 Å². The van der Waals surface area contributed by atoms with Gasteiger partial charge in [-0.2, -0.15) is 0 Å². The molecule has 0 aromatic carbocycles. The van der Waals surface area contributed by atoms with E-state index in [0.717, 1.165) is 12.3 Å². The van der Waals surface area contributed by atoms with Gasteiger partial charge in [0.05, 0.1) is 12.2 Å². The van der Waals surface area contributed by atoms with Crippen LogP contribution in [0.3, 0.4) is 0 Å². The first-order chi connectivity index (χ1) is 5.60. The molecule has 0 aliphatic carbocycles. The molecule has 2 N–H and O–H groups in total. The quantitative estimate of drug-likeness (QED) is 0.668. The minimum Gasteiger partial charge on any atom is -0.374 e. The molecular weight excluding hydrogens is 150 g/mol. The second kappa shape index (κ2) is 6.44. The van der Waals surface area contributed by atoms with Crippen LogP contribution in [0.1, 0.15) is 40.5 Å². The molecule has 0 saturated carbocycles. The topological polar surface area (TPSA) is 35.2 Å². The molecule has 2 heteroatoms. The number of ether oxygens (including phenoxy) is 1. The number of nitrogens with two attached hydrogens (primary N) is 1. The second-order valence-corrected chi connectivity index (χ2v) is 3.79. The molecule has 0 spiro atoms. The van der Waals surface area contributed by atoms with Crippen molar-refractivity contribution in [3.8, 4) is 0 Å². The van der Waals surface area contributed by atoms with Crippen molar-refractivity contribution in [1.82, 2.24) is 0 Å². The first-order valence-electron chi connectivity index (χ1n) is 4.95. The third-order valence-electron chi connectivity index (χ3n) is 2.09. The lowest BCUT2D eigenvalue weighted by Crippen LogP contribution is -2.28. The van der Waals surface area contributed by atoms with E-state index >= 15 is 0 Å². The van der Waals surface area contributed by atoms with Gasteiger partial charge in [0.2, 0.25) is 0 Å². The molecule has 0 amide bonds. The van der Waals surface area contributed by atoms with Gasteiger partial charge in [0.1, 0.15) is 0 Å². The molecule has 2 atom stereocenters. The van der Waals surface area contributed by atoms with Crippen LogP contribution in [-0.4, -0.2) is 18.8 Å². The summed E-state index contributed by atoms with van der Waals surface area (Å²) in [6.07, 6.45) is 2.84. The van der Waals surface area contributed by atoms with Crippen molar-refractivity contribution in [3.05, 3.63) is 0 Å². The minimum absolute atomic E-state index is 0.250. The van der Waals surface area contributed by atoms with E-state index in [1.165, 1.54) is 6.42 Å². The Bertz CT molecular complexity index is 104. The smallest absolute Gasteiger partial charge is 0.0703 e. The van der Waals surface area contributed by atoms with E-state index in [-0.39, 0.29) is 6.10 Å². The molecule has 0 rings (SSSR count). The fourth-order valence-electron chi connectivity index (χ4n) is 1.21. The van der Waals surface area contributed by atoms with Crippen LogP contribution in [0.25, 0.3) is 0 Å². The fraction of sp³-hybridized carbons (Fsp3) is 1.00. The van der Waals surface area contributed by atoms with Crippen LogP contribution in [0.4, 0.5) is 0 Å². The van der Waals surface area contributed by atoms with Gasteiger partial charge in [-0.3, -0.25) is 0 Å². The summed E-state index contributed by atoms with van der Waals surface area (Å²) in [5.41, 5.74) is 5.60. The zero-order valence-corrected chi connectivity index (χ0v) is 8.84. The van der Waals surface area contributed by atoms with Crippen molar-refractivity contribution in [2.24, 2.45) is 11.7 Å². The van der Waals surface area contributed by atoms with E-state index in [1.807, 2.05) is 0 Å². The summed E-state index contributed by atoms with van der Waals surface area (Å²) in [6.45, 7) is 9.20. The van der Waals surface area contributed by atoms with Gasteiger partial charge in [0.15, 0.2) is 0 Å². The molecule has 2 unspecified atom stereocenters. The molecule has 2 nitrogen and oxygen atoms in total. The Balaban J connectivity index is 3.66. The summed E-state index contributed by atoms with van der Waals surface area (Å²) in [7, 11) is 0. The lowest BCUT2D eigenvalue weighted by molar-refractivity contribution is 0.000844. The molecule has 12 heavy (non-hydrogen) atoms. The summed E-state index contributed by atoms with van der Waals surface area (Å²) < 4.78 is 5.65. The van der Waals surface area contributed by atoms with Crippen LogP contribution in [0.15, 0.2) is 0 Å².